The molecule has 0 aromatic heterocycles. The molecule has 2 aliphatic rings. The fourth-order valence-corrected chi connectivity index (χ4v) is 8.15. The van der Waals surface area contributed by atoms with Crippen molar-refractivity contribution in [3.05, 3.63) is 12.3 Å². The van der Waals surface area contributed by atoms with Crippen molar-refractivity contribution in [3.8, 4) is 11.8 Å². The Morgan fingerprint density at radius 2 is 1.53 bits per heavy atom. The monoisotopic (exact) mass is 678 g/mol. The summed E-state index contributed by atoms with van der Waals surface area (Å²) in [6, 6.07) is 1.90. The van der Waals surface area contributed by atoms with Crippen LogP contribution in [0.1, 0.15) is 60.8 Å². The second kappa shape index (κ2) is 15.1. The highest BCUT2D eigenvalue weighted by Gasteiger charge is 2.51. The molecule has 7 nitrogen and oxygen atoms in total. The van der Waals surface area contributed by atoms with Crippen LogP contribution in [-0.4, -0.2) is 84.9 Å². The molecule has 0 radical (unpaired) electrons. The van der Waals surface area contributed by atoms with Gasteiger partial charge in [-0.05, 0) is 69.6 Å². The van der Waals surface area contributed by atoms with E-state index in [0.717, 1.165) is 24.9 Å². The van der Waals surface area contributed by atoms with Crippen molar-refractivity contribution in [2.45, 2.75) is 136 Å². The quantitative estimate of drug-likeness (QED) is 0.131. The van der Waals surface area contributed by atoms with Crippen LogP contribution >= 0.6 is 0 Å². The summed E-state index contributed by atoms with van der Waals surface area (Å²) in [5.41, 5.74) is -0.956. The molecule has 0 N–H and O–H groups in total. The fraction of sp³-hybridized carbons (Fsp3) is 0.829. The van der Waals surface area contributed by atoms with Crippen LogP contribution in [0, 0.1) is 29.1 Å². The average molecular weight is 679 g/mol. The molecular formula is C35H66N2O5Si3. The molecule has 2 amide bonds. The zero-order chi connectivity index (χ0) is 34.5. The van der Waals surface area contributed by atoms with Gasteiger partial charge in [-0.1, -0.05) is 66.1 Å². The van der Waals surface area contributed by atoms with Crippen molar-refractivity contribution in [3.63, 3.8) is 0 Å². The molecule has 0 bridgehead atoms. The van der Waals surface area contributed by atoms with E-state index in [9.17, 15) is 9.59 Å². The SMILES string of the molecule is CC(C)(C)OC(=O)N1C=C[C@@H]2[C@H](CC#CC[Si](C)(C)C)CN(C(=O)OCC[Si](C)(C)C)C[C@]2(CCCO[Si](C)(C)C(C)(C)C)C1. The predicted molar refractivity (Wildman–Crippen MR) is 195 cm³/mol. The Morgan fingerprint density at radius 1 is 0.889 bits per heavy atom. The Bertz CT molecular complexity index is 1100. The van der Waals surface area contributed by atoms with E-state index < -0.39 is 30.1 Å². The number of allylic oxidation sites excluding steroid dienone is 1. The van der Waals surface area contributed by atoms with Gasteiger partial charge in [0.25, 0.3) is 0 Å². The summed E-state index contributed by atoms with van der Waals surface area (Å²) in [6.07, 6.45) is 5.90. The Balaban J connectivity index is 2.44. The second-order valence-electron chi connectivity index (χ2n) is 18.4. The van der Waals surface area contributed by atoms with Crippen LogP contribution < -0.4 is 0 Å². The molecule has 10 heteroatoms. The topological polar surface area (TPSA) is 68.3 Å². The van der Waals surface area contributed by atoms with E-state index in [1.165, 1.54) is 0 Å². The van der Waals surface area contributed by atoms with E-state index >= 15 is 0 Å². The number of likely N-dealkylation sites (tertiary alicyclic amines) is 1. The second-order valence-corrected chi connectivity index (χ2v) is 34.3. The molecule has 0 aliphatic carbocycles. The third-order valence-corrected chi connectivity index (χ3v) is 16.8. The van der Waals surface area contributed by atoms with Gasteiger partial charge in [0.2, 0.25) is 0 Å². The van der Waals surface area contributed by atoms with E-state index in [1.54, 1.807) is 4.90 Å². The Labute approximate surface area is 279 Å². The first kappa shape index (κ1) is 39.6. The first-order valence-electron chi connectivity index (χ1n) is 17.0. The lowest BCUT2D eigenvalue weighted by Gasteiger charge is -2.54. The van der Waals surface area contributed by atoms with Gasteiger partial charge in [-0.3, -0.25) is 4.90 Å². The molecule has 2 aliphatic heterocycles. The molecule has 0 saturated carbocycles. The summed E-state index contributed by atoms with van der Waals surface area (Å²) in [5, 5.41) is 0.135. The maximum Gasteiger partial charge on any atom is 0.414 e. The lowest BCUT2D eigenvalue weighted by Crippen LogP contribution is -2.60. The summed E-state index contributed by atoms with van der Waals surface area (Å²) < 4.78 is 18.3. The first-order chi connectivity index (χ1) is 20.3. The van der Waals surface area contributed by atoms with Crippen LogP contribution in [-0.2, 0) is 13.9 Å². The van der Waals surface area contributed by atoms with E-state index in [1.807, 2.05) is 31.9 Å². The third kappa shape index (κ3) is 12.9. The summed E-state index contributed by atoms with van der Waals surface area (Å²) in [7, 11) is -4.54. The summed E-state index contributed by atoms with van der Waals surface area (Å²) >= 11 is 0. The smallest absolute Gasteiger partial charge is 0.414 e. The van der Waals surface area contributed by atoms with Gasteiger partial charge in [0.15, 0.2) is 8.32 Å². The van der Waals surface area contributed by atoms with Gasteiger partial charge in [-0.25, -0.2) is 9.59 Å². The van der Waals surface area contributed by atoms with Crippen LogP contribution in [0.5, 0.6) is 0 Å². The minimum Gasteiger partial charge on any atom is -0.450 e. The van der Waals surface area contributed by atoms with Crippen molar-refractivity contribution in [1.82, 2.24) is 9.80 Å². The molecule has 258 valence electrons. The van der Waals surface area contributed by atoms with Gasteiger partial charge in [0, 0.05) is 58.4 Å². The van der Waals surface area contributed by atoms with Crippen LogP contribution in [0.4, 0.5) is 9.59 Å². The number of amides is 2. The molecule has 2 heterocycles. The van der Waals surface area contributed by atoms with Crippen molar-refractivity contribution < 1.29 is 23.5 Å². The molecule has 0 spiro atoms. The standard InChI is InChI=1S/C35H66N2O5Si3/c1-33(2,3)42-32(39)36-21-19-30-29(18-15-16-24-43(7,8)9)26-37(31(38)40-23-25-44(10,11)12)28-35(30,27-36)20-17-22-41-45(13,14)34(4,5)6/h19,21,29-30H,17-18,20,22-28H2,1-14H3/t29-,30-,35+/m1/s1. The number of nitrogens with zero attached hydrogens (tertiary/aromatic N) is 2. The highest BCUT2D eigenvalue weighted by atomic mass is 28.4. The number of ether oxygens (including phenoxy) is 2. The molecule has 45 heavy (non-hydrogen) atoms. The van der Waals surface area contributed by atoms with Crippen molar-refractivity contribution >= 4 is 36.7 Å². The summed E-state index contributed by atoms with van der Waals surface area (Å²) in [5.74, 6) is 7.30. The van der Waals surface area contributed by atoms with Crippen molar-refractivity contribution in [1.29, 1.82) is 0 Å². The zero-order valence-corrected chi connectivity index (χ0v) is 34.3. The Hall–Kier alpha value is -1.55. The van der Waals surface area contributed by atoms with Crippen LogP contribution in [0.2, 0.25) is 69.5 Å². The predicted octanol–water partition coefficient (Wildman–Crippen LogP) is 9.29. The maximum absolute atomic E-state index is 13.6. The third-order valence-electron chi connectivity index (χ3n) is 9.29. The summed E-state index contributed by atoms with van der Waals surface area (Å²) in [6.45, 7) is 33.7. The van der Waals surface area contributed by atoms with Crippen molar-refractivity contribution in [2.75, 3.05) is 32.8 Å². The van der Waals surface area contributed by atoms with Crippen LogP contribution in [0.25, 0.3) is 0 Å². The number of hydrogen-bond acceptors (Lipinski definition) is 5. The van der Waals surface area contributed by atoms with Gasteiger partial charge in [-0.15, -0.1) is 11.8 Å². The highest BCUT2D eigenvalue weighted by molar-refractivity contribution is 6.77. The molecule has 1 fully saturated rings. The van der Waals surface area contributed by atoms with Crippen LogP contribution in [0.15, 0.2) is 12.3 Å². The number of fused-ring (bicyclic) bond motifs is 1. The molecule has 3 atom stereocenters. The minimum absolute atomic E-state index is 0.135. The van der Waals surface area contributed by atoms with E-state index in [0.29, 0.717) is 39.3 Å². The Kier molecular flexibility index (Phi) is 13.3. The van der Waals surface area contributed by atoms with Gasteiger partial charge in [-0.2, -0.15) is 0 Å². The normalized spacial score (nSPS) is 22.8. The lowest BCUT2D eigenvalue weighted by molar-refractivity contribution is -0.0338. The number of carbonyl (C=O) groups is 2. The first-order valence-corrected chi connectivity index (χ1v) is 27.4. The fourth-order valence-electron chi connectivity index (χ4n) is 5.69. The van der Waals surface area contributed by atoms with E-state index in [-0.39, 0.29) is 34.5 Å². The van der Waals surface area contributed by atoms with Gasteiger partial charge in [0.05, 0.1) is 14.7 Å². The van der Waals surface area contributed by atoms with E-state index in [4.69, 9.17) is 13.9 Å². The molecule has 2 rings (SSSR count). The highest BCUT2D eigenvalue weighted by Crippen LogP contribution is 2.48. The zero-order valence-electron chi connectivity index (χ0n) is 31.3. The number of piperidine rings is 1. The molecule has 1 saturated heterocycles. The molecule has 0 unspecified atom stereocenters. The largest absolute Gasteiger partial charge is 0.450 e. The summed E-state index contributed by atoms with van der Waals surface area (Å²) in [4.78, 5) is 30.6. The molecule has 0 aromatic rings. The average Bonchev–Trinajstić information content (AvgIpc) is 2.85. The lowest BCUT2D eigenvalue weighted by atomic mass is 9.62. The minimum atomic E-state index is -1.90. The molecule has 0 aromatic carbocycles. The van der Waals surface area contributed by atoms with Gasteiger partial charge >= 0.3 is 12.2 Å². The Morgan fingerprint density at radius 3 is 2.09 bits per heavy atom. The van der Waals surface area contributed by atoms with Crippen molar-refractivity contribution in [2.24, 2.45) is 17.3 Å². The van der Waals surface area contributed by atoms with Crippen LogP contribution in [0.3, 0.4) is 0 Å². The van der Waals surface area contributed by atoms with Gasteiger partial charge in [0.1, 0.15) is 5.60 Å². The molecular weight excluding hydrogens is 613 g/mol. The number of carbonyl (C=O) groups excluding carboxylic acids is 2. The van der Waals surface area contributed by atoms with Gasteiger partial charge < -0.3 is 18.8 Å². The number of rotatable bonds is 10. The number of hydrogen-bond donors (Lipinski definition) is 0. The maximum atomic E-state index is 13.6. The van der Waals surface area contributed by atoms with E-state index in [2.05, 4.69) is 91.1 Å².